The van der Waals surface area contributed by atoms with Crippen molar-refractivity contribution in [1.82, 2.24) is 0 Å². The second-order valence-corrected chi connectivity index (χ2v) is 19.5. The first-order valence-corrected chi connectivity index (χ1v) is 23.8. The molecule has 0 aliphatic heterocycles. The Balaban J connectivity index is 1.29. The van der Waals surface area contributed by atoms with Crippen molar-refractivity contribution in [3.05, 3.63) is 60.7 Å². The topological polar surface area (TPSA) is 109 Å². The predicted molar refractivity (Wildman–Crippen MR) is 233 cm³/mol. The molecule has 0 heterocycles. The Bertz CT molecular complexity index is 1160. The predicted octanol–water partition coefficient (Wildman–Crippen LogP) is 7.16. The largest absolute Gasteiger partial charge is 0.463 e. The highest BCUT2D eigenvalue weighted by atomic mass is 28.4. The van der Waals surface area contributed by atoms with Crippen LogP contribution in [0, 0.1) is 0 Å². The van der Waals surface area contributed by atoms with Gasteiger partial charge in [-0.25, -0.2) is 0 Å². The average Bonchev–Trinajstić information content (AvgIpc) is 3.22. The minimum atomic E-state index is -2.54. The van der Waals surface area contributed by atoms with Gasteiger partial charge in [-0.3, -0.25) is 4.79 Å². The van der Waals surface area contributed by atoms with Gasteiger partial charge in [0.1, 0.15) is 6.61 Å². The third kappa shape index (κ3) is 24.8. The average molecular weight is 835 g/mol. The van der Waals surface area contributed by atoms with E-state index in [0.29, 0.717) is 119 Å². The maximum absolute atomic E-state index is 11.8. The molecule has 0 N–H and O–H groups in total. The Morgan fingerprint density at radius 2 is 0.741 bits per heavy atom. The fraction of sp³-hybridized carbons (Fsp3) is 0.717. The number of rotatable bonds is 40. The Labute approximate surface area is 352 Å². The smallest absolute Gasteiger partial charge is 0.305 e. The summed E-state index contributed by atoms with van der Waals surface area (Å²) >= 11 is 0. The summed E-state index contributed by atoms with van der Waals surface area (Å²) in [5, 5.41) is 2.47. The van der Waals surface area contributed by atoms with Crippen LogP contribution >= 0.6 is 0 Å². The summed E-state index contributed by atoms with van der Waals surface area (Å²) in [6.45, 7) is 17.7. The van der Waals surface area contributed by atoms with Crippen LogP contribution in [0.2, 0.25) is 5.04 Å². The van der Waals surface area contributed by atoms with Crippen LogP contribution in [-0.4, -0.2) is 133 Å². The van der Waals surface area contributed by atoms with E-state index in [2.05, 4.69) is 88.4 Å². The lowest BCUT2D eigenvalue weighted by atomic mass is 10.1. The van der Waals surface area contributed by atoms with Gasteiger partial charge >= 0.3 is 5.97 Å². The molecule has 332 valence electrons. The van der Waals surface area contributed by atoms with Crippen LogP contribution in [0.15, 0.2) is 60.7 Å². The molecule has 0 aromatic heterocycles. The van der Waals surface area contributed by atoms with E-state index >= 15 is 0 Å². The zero-order chi connectivity index (χ0) is 41.7. The third-order valence-electron chi connectivity index (χ3n) is 9.54. The molecule has 0 bridgehead atoms. The quantitative estimate of drug-likeness (QED) is 0.0388. The van der Waals surface area contributed by atoms with Crippen LogP contribution in [0.3, 0.4) is 0 Å². The highest BCUT2D eigenvalue weighted by molar-refractivity contribution is 6.99. The molecule has 2 aromatic rings. The molecular weight excluding hydrogens is 757 g/mol. The molecule has 11 nitrogen and oxygen atoms in total. The lowest BCUT2D eigenvalue weighted by molar-refractivity contribution is -0.145. The van der Waals surface area contributed by atoms with Crippen LogP contribution in [-0.2, 0) is 51.9 Å². The third-order valence-corrected chi connectivity index (χ3v) is 14.6. The molecule has 0 fully saturated rings. The number of hydrogen-bond acceptors (Lipinski definition) is 11. The highest BCUT2D eigenvalue weighted by Gasteiger charge is 2.50. The molecule has 0 saturated carbocycles. The van der Waals surface area contributed by atoms with Gasteiger partial charge in [-0.2, -0.15) is 0 Å². The Hall–Kier alpha value is -2.23. The van der Waals surface area contributed by atoms with Crippen LogP contribution < -0.4 is 10.4 Å². The molecule has 0 aliphatic rings. The van der Waals surface area contributed by atoms with E-state index in [4.69, 9.17) is 47.1 Å². The first kappa shape index (κ1) is 51.9. The summed E-state index contributed by atoms with van der Waals surface area (Å²) in [6, 6.07) is 21.3. The van der Waals surface area contributed by atoms with Gasteiger partial charge < -0.3 is 47.1 Å². The molecule has 2 aromatic carbocycles. The first-order valence-electron chi connectivity index (χ1n) is 21.9. The van der Waals surface area contributed by atoms with Crippen molar-refractivity contribution in [1.29, 1.82) is 0 Å². The van der Waals surface area contributed by atoms with E-state index in [1.165, 1.54) is 55.3 Å². The molecule has 12 heteroatoms. The number of unbranched alkanes of at least 4 members (excludes halogenated alkanes) is 8. The SMILES string of the molecule is CCCCCCCCCCCC(=O)OCCOCCOCCOCCOCCOCCOCCOCCOCCO[Si](c1ccccc1)(c1ccccc1)C(C)(C)C. The lowest BCUT2D eigenvalue weighted by Gasteiger charge is -2.43. The van der Waals surface area contributed by atoms with Crippen molar-refractivity contribution in [2.24, 2.45) is 0 Å². The molecule has 0 aliphatic carbocycles. The van der Waals surface area contributed by atoms with Gasteiger partial charge in [0, 0.05) is 6.42 Å². The van der Waals surface area contributed by atoms with E-state index < -0.39 is 8.32 Å². The van der Waals surface area contributed by atoms with Crippen molar-refractivity contribution in [2.75, 3.05) is 119 Å². The standard InChI is InChI=1S/C46H78O11Si/c1-5-6-7-8-9-10-11-12-19-24-45(47)56-41-39-54-37-35-52-33-31-50-29-27-48-25-26-49-28-30-51-32-34-53-36-38-55-40-42-57-58(46(2,3)4,43-20-15-13-16-21-43)44-22-17-14-18-23-44/h13-18,20-23H,5-12,19,24-42H2,1-4H3. The molecule has 0 radical (unpaired) electrons. The van der Waals surface area contributed by atoms with Crippen LogP contribution in [0.25, 0.3) is 0 Å². The fourth-order valence-corrected chi connectivity index (χ4v) is 11.1. The number of hydrogen-bond donors (Lipinski definition) is 0. The molecule has 0 amide bonds. The van der Waals surface area contributed by atoms with Gasteiger partial charge in [0.15, 0.2) is 0 Å². The van der Waals surface area contributed by atoms with E-state index in [9.17, 15) is 4.79 Å². The lowest BCUT2D eigenvalue weighted by Crippen LogP contribution is -2.66. The minimum Gasteiger partial charge on any atom is -0.463 e. The van der Waals surface area contributed by atoms with E-state index in [-0.39, 0.29) is 17.6 Å². The maximum atomic E-state index is 11.8. The minimum absolute atomic E-state index is 0.0587. The van der Waals surface area contributed by atoms with Gasteiger partial charge in [-0.1, -0.05) is 140 Å². The molecule has 0 atom stereocenters. The zero-order valence-electron chi connectivity index (χ0n) is 36.6. The number of esters is 1. The van der Waals surface area contributed by atoms with Crippen molar-refractivity contribution in [3.8, 4) is 0 Å². The van der Waals surface area contributed by atoms with Gasteiger partial charge in [0.25, 0.3) is 8.32 Å². The Kier molecular flexibility index (Phi) is 31.8. The Morgan fingerprint density at radius 1 is 0.431 bits per heavy atom. The van der Waals surface area contributed by atoms with Crippen molar-refractivity contribution >= 4 is 24.7 Å². The van der Waals surface area contributed by atoms with Crippen molar-refractivity contribution in [3.63, 3.8) is 0 Å². The fourth-order valence-electron chi connectivity index (χ4n) is 6.52. The number of benzene rings is 2. The molecule has 0 saturated heterocycles. The normalized spacial score (nSPS) is 12.0. The van der Waals surface area contributed by atoms with Crippen molar-refractivity contribution in [2.45, 2.75) is 96.9 Å². The maximum Gasteiger partial charge on any atom is 0.305 e. The monoisotopic (exact) mass is 835 g/mol. The summed E-state index contributed by atoms with van der Waals surface area (Å²) in [5.41, 5.74) is 0. The zero-order valence-corrected chi connectivity index (χ0v) is 37.6. The summed E-state index contributed by atoms with van der Waals surface area (Å²) in [6.07, 6.45) is 11.6. The van der Waals surface area contributed by atoms with E-state index in [0.717, 1.165) is 12.8 Å². The number of carbonyl (C=O) groups is 1. The number of carbonyl (C=O) groups excluding carboxylic acids is 1. The van der Waals surface area contributed by atoms with Gasteiger partial charge in [-0.15, -0.1) is 0 Å². The van der Waals surface area contributed by atoms with Crippen LogP contribution in [0.4, 0.5) is 0 Å². The second-order valence-electron chi connectivity index (χ2n) is 15.2. The first-order chi connectivity index (χ1) is 28.4. The van der Waals surface area contributed by atoms with Gasteiger partial charge in [0.05, 0.1) is 112 Å². The summed E-state index contributed by atoms with van der Waals surface area (Å²) < 4.78 is 56.8. The van der Waals surface area contributed by atoms with Crippen LogP contribution in [0.5, 0.6) is 0 Å². The molecule has 2 rings (SSSR count). The van der Waals surface area contributed by atoms with E-state index in [1.807, 2.05) is 0 Å². The summed E-state index contributed by atoms with van der Waals surface area (Å²) in [4.78, 5) is 11.8. The van der Waals surface area contributed by atoms with Crippen molar-refractivity contribution < 1.29 is 51.9 Å². The molecule has 58 heavy (non-hydrogen) atoms. The Morgan fingerprint density at radius 3 is 1.09 bits per heavy atom. The van der Waals surface area contributed by atoms with Gasteiger partial charge in [0.2, 0.25) is 0 Å². The summed E-state index contributed by atoms with van der Waals surface area (Å²) in [5.74, 6) is -0.136. The highest BCUT2D eigenvalue weighted by Crippen LogP contribution is 2.36. The molecule has 0 unspecified atom stereocenters. The molecule has 0 spiro atoms. The molecular formula is C46H78O11Si. The second kappa shape index (κ2) is 35.5. The van der Waals surface area contributed by atoms with E-state index in [1.54, 1.807) is 0 Å². The summed E-state index contributed by atoms with van der Waals surface area (Å²) in [7, 11) is -2.54. The number of ether oxygens (including phenoxy) is 9. The van der Waals surface area contributed by atoms with Crippen LogP contribution in [0.1, 0.15) is 91.9 Å². The van der Waals surface area contributed by atoms with Gasteiger partial charge in [-0.05, 0) is 21.8 Å².